The number of ether oxygens (including phenoxy) is 1. The van der Waals surface area contributed by atoms with E-state index in [-0.39, 0.29) is 17.0 Å². The van der Waals surface area contributed by atoms with Crippen LogP contribution in [0.2, 0.25) is 0 Å². The van der Waals surface area contributed by atoms with Gasteiger partial charge in [-0.1, -0.05) is 0 Å². The van der Waals surface area contributed by atoms with Crippen molar-refractivity contribution in [3.05, 3.63) is 52.8 Å². The van der Waals surface area contributed by atoms with Crippen LogP contribution in [0.25, 0.3) is 22.2 Å². The van der Waals surface area contributed by atoms with Crippen LogP contribution in [0.4, 0.5) is 4.39 Å². The first-order valence-corrected chi connectivity index (χ1v) is 8.03. The molecule has 3 N–H and O–H groups in total. The first kappa shape index (κ1) is 16.1. The van der Waals surface area contributed by atoms with Gasteiger partial charge in [0.25, 0.3) is 5.91 Å². The van der Waals surface area contributed by atoms with Crippen molar-refractivity contribution in [2.45, 2.75) is 6.42 Å². The number of benzene rings is 2. The van der Waals surface area contributed by atoms with E-state index in [0.717, 1.165) is 5.56 Å². The zero-order valence-corrected chi connectivity index (χ0v) is 13.9. The number of aromatic nitrogens is 1. The van der Waals surface area contributed by atoms with Gasteiger partial charge in [-0.15, -0.1) is 0 Å². The lowest BCUT2D eigenvalue weighted by molar-refractivity contribution is 0.0696. The molecule has 0 spiro atoms. The quantitative estimate of drug-likeness (QED) is 0.674. The number of methoxy groups -OCH3 is 1. The van der Waals surface area contributed by atoms with Gasteiger partial charge in [0, 0.05) is 23.0 Å². The number of halogens is 1. The van der Waals surface area contributed by atoms with Gasteiger partial charge in [-0.25, -0.2) is 9.18 Å². The number of hydrogen-bond donors (Lipinski definition) is 3. The molecule has 2 heterocycles. The highest BCUT2D eigenvalue weighted by molar-refractivity contribution is 6.10. The van der Waals surface area contributed by atoms with Crippen molar-refractivity contribution in [1.29, 1.82) is 0 Å². The van der Waals surface area contributed by atoms with Gasteiger partial charge in [0.1, 0.15) is 11.6 Å². The van der Waals surface area contributed by atoms with Crippen molar-refractivity contribution >= 4 is 22.8 Å². The van der Waals surface area contributed by atoms with Gasteiger partial charge in [-0.05, 0) is 42.3 Å². The minimum atomic E-state index is -1.05. The monoisotopic (exact) mass is 354 g/mol. The van der Waals surface area contributed by atoms with Gasteiger partial charge in [0.15, 0.2) is 0 Å². The summed E-state index contributed by atoms with van der Waals surface area (Å²) >= 11 is 0. The molecule has 4 rings (SSSR count). The van der Waals surface area contributed by atoms with Gasteiger partial charge in [0.05, 0.1) is 23.9 Å². The summed E-state index contributed by atoms with van der Waals surface area (Å²) in [4.78, 5) is 26.6. The molecule has 3 aromatic rings. The number of hydrogen-bond acceptors (Lipinski definition) is 3. The molecule has 2 aromatic carbocycles. The lowest BCUT2D eigenvalue weighted by Gasteiger charge is -2.10. The number of aromatic carboxylic acids is 1. The van der Waals surface area contributed by atoms with E-state index in [1.807, 2.05) is 0 Å². The van der Waals surface area contributed by atoms with E-state index < -0.39 is 11.8 Å². The fourth-order valence-corrected chi connectivity index (χ4v) is 3.45. The predicted octanol–water partition coefficient (Wildman–Crippen LogP) is 2.97. The Bertz CT molecular complexity index is 1070. The van der Waals surface area contributed by atoms with Crippen LogP contribution in [-0.4, -0.2) is 35.6 Å². The third-order valence-electron chi connectivity index (χ3n) is 4.59. The van der Waals surface area contributed by atoms with E-state index >= 15 is 0 Å². The van der Waals surface area contributed by atoms with Crippen LogP contribution in [0.5, 0.6) is 5.75 Å². The summed E-state index contributed by atoms with van der Waals surface area (Å²) in [5.74, 6) is -1.48. The molecule has 0 unspecified atom stereocenters. The SMILES string of the molecule is COc1cc(C(=O)O)ccc1-c1[nH]c2cc(F)cc3c2c1CCNC3=O. The van der Waals surface area contributed by atoms with Gasteiger partial charge < -0.3 is 20.1 Å². The maximum atomic E-state index is 14.0. The Labute approximate surface area is 147 Å². The fourth-order valence-electron chi connectivity index (χ4n) is 3.45. The molecule has 26 heavy (non-hydrogen) atoms. The normalized spacial score (nSPS) is 13.4. The second-order valence-electron chi connectivity index (χ2n) is 6.08. The molecule has 7 heteroatoms. The summed E-state index contributed by atoms with van der Waals surface area (Å²) in [6.45, 7) is 0.421. The van der Waals surface area contributed by atoms with Crippen molar-refractivity contribution in [2.24, 2.45) is 0 Å². The highest BCUT2D eigenvalue weighted by atomic mass is 19.1. The summed E-state index contributed by atoms with van der Waals surface area (Å²) < 4.78 is 19.3. The summed E-state index contributed by atoms with van der Waals surface area (Å²) in [6.07, 6.45) is 0.559. The topological polar surface area (TPSA) is 91.4 Å². The Morgan fingerprint density at radius 3 is 2.77 bits per heavy atom. The molecule has 1 aliphatic heterocycles. The van der Waals surface area contributed by atoms with E-state index in [2.05, 4.69) is 10.3 Å². The molecule has 0 saturated carbocycles. The average Bonchev–Trinajstić information content (AvgIpc) is 2.89. The van der Waals surface area contributed by atoms with E-state index in [0.29, 0.717) is 40.9 Å². The van der Waals surface area contributed by atoms with E-state index in [4.69, 9.17) is 4.74 Å². The highest BCUT2D eigenvalue weighted by Gasteiger charge is 2.25. The van der Waals surface area contributed by atoms with Crippen molar-refractivity contribution < 1.29 is 23.8 Å². The van der Waals surface area contributed by atoms with Crippen LogP contribution >= 0.6 is 0 Å². The number of carbonyl (C=O) groups excluding carboxylic acids is 1. The molecule has 0 bridgehead atoms. The van der Waals surface area contributed by atoms with Crippen molar-refractivity contribution in [1.82, 2.24) is 10.3 Å². The maximum Gasteiger partial charge on any atom is 0.335 e. The molecular formula is C19H15FN2O4. The molecule has 0 atom stereocenters. The lowest BCUT2D eigenvalue weighted by atomic mass is 9.99. The van der Waals surface area contributed by atoms with Crippen molar-refractivity contribution in [3.8, 4) is 17.0 Å². The number of amides is 1. The first-order chi connectivity index (χ1) is 12.5. The minimum absolute atomic E-state index is 0.108. The number of rotatable bonds is 3. The van der Waals surface area contributed by atoms with Crippen LogP contribution in [0.3, 0.4) is 0 Å². The lowest BCUT2D eigenvalue weighted by Crippen LogP contribution is -2.23. The van der Waals surface area contributed by atoms with Crippen LogP contribution < -0.4 is 10.1 Å². The van der Waals surface area contributed by atoms with Gasteiger partial charge in [0.2, 0.25) is 0 Å². The average molecular weight is 354 g/mol. The summed E-state index contributed by atoms with van der Waals surface area (Å²) in [7, 11) is 1.46. The zero-order chi connectivity index (χ0) is 18.4. The van der Waals surface area contributed by atoms with E-state index in [1.54, 1.807) is 6.07 Å². The van der Waals surface area contributed by atoms with Crippen LogP contribution in [0.15, 0.2) is 30.3 Å². The Morgan fingerprint density at radius 2 is 2.04 bits per heavy atom. The highest BCUT2D eigenvalue weighted by Crippen LogP contribution is 2.38. The molecule has 0 fully saturated rings. The molecule has 1 aliphatic rings. The van der Waals surface area contributed by atoms with Crippen LogP contribution in [0.1, 0.15) is 26.3 Å². The molecule has 0 aliphatic carbocycles. The van der Waals surface area contributed by atoms with Gasteiger partial charge in [-0.2, -0.15) is 0 Å². The fraction of sp³-hybridized carbons (Fsp3) is 0.158. The number of nitrogens with one attached hydrogen (secondary N) is 2. The Balaban J connectivity index is 2.01. The van der Waals surface area contributed by atoms with Crippen molar-refractivity contribution in [3.63, 3.8) is 0 Å². The third-order valence-corrected chi connectivity index (χ3v) is 4.59. The number of aromatic amines is 1. The second kappa shape index (κ2) is 5.87. The summed E-state index contributed by atoms with van der Waals surface area (Å²) in [5, 5.41) is 12.6. The van der Waals surface area contributed by atoms with Crippen molar-refractivity contribution in [2.75, 3.05) is 13.7 Å². The number of H-pyrrole nitrogens is 1. The number of carboxylic acids is 1. The zero-order valence-electron chi connectivity index (χ0n) is 13.9. The number of carboxylic acid groups (broad SMARTS) is 1. The maximum absolute atomic E-state index is 14.0. The second-order valence-corrected chi connectivity index (χ2v) is 6.08. The molecule has 1 amide bonds. The molecular weight excluding hydrogens is 339 g/mol. The largest absolute Gasteiger partial charge is 0.496 e. The molecule has 1 aromatic heterocycles. The minimum Gasteiger partial charge on any atom is -0.496 e. The first-order valence-electron chi connectivity index (χ1n) is 8.03. The number of carbonyl (C=O) groups is 2. The molecule has 0 saturated heterocycles. The van der Waals surface area contributed by atoms with Crippen LogP contribution in [0, 0.1) is 5.82 Å². The molecule has 132 valence electrons. The van der Waals surface area contributed by atoms with Gasteiger partial charge >= 0.3 is 5.97 Å². The smallest absolute Gasteiger partial charge is 0.335 e. The molecule has 0 radical (unpaired) electrons. The third kappa shape index (κ3) is 2.40. The summed E-state index contributed by atoms with van der Waals surface area (Å²) in [6, 6.07) is 7.16. The van der Waals surface area contributed by atoms with Gasteiger partial charge in [-0.3, -0.25) is 4.79 Å². The van der Waals surface area contributed by atoms with E-state index in [1.165, 1.54) is 31.4 Å². The summed E-state index contributed by atoms with van der Waals surface area (Å²) in [5.41, 5.74) is 3.13. The van der Waals surface area contributed by atoms with E-state index in [9.17, 15) is 19.1 Å². The standard InChI is InChI=1S/C19H15FN2O4/c1-26-15-6-9(19(24)25)2-3-11(15)17-12-4-5-21-18(23)13-7-10(20)8-14(22-17)16(12)13/h2-3,6-8,22H,4-5H2,1H3,(H,21,23)(H,24,25). The predicted molar refractivity (Wildman–Crippen MR) is 93.2 cm³/mol. The molecule has 6 nitrogen and oxygen atoms in total. The Kier molecular flexibility index (Phi) is 3.64. The van der Waals surface area contributed by atoms with Crippen LogP contribution in [-0.2, 0) is 6.42 Å². The Hall–Kier alpha value is -3.35. The Morgan fingerprint density at radius 1 is 1.23 bits per heavy atom.